The van der Waals surface area contributed by atoms with E-state index >= 15 is 0 Å². The SMILES string of the molecule is Cl.NC1[C@@H]2CC[C@H]1CN(C(=O)c1cc(F)cc(Cl)c1)C2. The molecule has 3 nitrogen and oxygen atoms in total. The molecule has 1 aromatic rings. The van der Waals surface area contributed by atoms with Crippen LogP contribution in [0.4, 0.5) is 4.39 Å². The Bertz CT molecular complexity index is 492. The monoisotopic (exact) mass is 318 g/mol. The number of hydrogen-bond donors (Lipinski definition) is 1. The molecule has 1 heterocycles. The van der Waals surface area contributed by atoms with Crippen molar-refractivity contribution in [3.63, 3.8) is 0 Å². The predicted molar refractivity (Wildman–Crippen MR) is 78.8 cm³/mol. The van der Waals surface area contributed by atoms with Gasteiger partial charge in [-0.3, -0.25) is 4.79 Å². The Kier molecular flexibility index (Phi) is 4.57. The summed E-state index contributed by atoms with van der Waals surface area (Å²) in [7, 11) is 0. The van der Waals surface area contributed by atoms with Crippen molar-refractivity contribution >= 4 is 29.9 Å². The summed E-state index contributed by atoms with van der Waals surface area (Å²) in [5, 5.41) is 0.250. The van der Waals surface area contributed by atoms with Crippen molar-refractivity contribution in [3.05, 3.63) is 34.6 Å². The molecule has 1 aliphatic carbocycles. The number of carbonyl (C=O) groups is 1. The van der Waals surface area contributed by atoms with E-state index in [4.69, 9.17) is 17.3 Å². The second kappa shape index (κ2) is 5.88. The van der Waals surface area contributed by atoms with Gasteiger partial charge in [0.1, 0.15) is 5.82 Å². The summed E-state index contributed by atoms with van der Waals surface area (Å²) in [6.45, 7) is 1.34. The molecule has 1 aromatic carbocycles. The van der Waals surface area contributed by atoms with Crippen LogP contribution in [-0.2, 0) is 0 Å². The molecule has 2 aliphatic rings. The molecule has 2 bridgehead atoms. The van der Waals surface area contributed by atoms with E-state index in [1.807, 2.05) is 0 Å². The maximum atomic E-state index is 13.3. The Morgan fingerprint density at radius 2 is 1.85 bits per heavy atom. The molecule has 0 radical (unpaired) electrons. The van der Waals surface area contributed by atoms with Crippen LogP contribution in [0.3, 0.4) is 0 Å². The van der Waals surface area contributed by atoms with E-state index in [-0.39, 0.29) is 29.4 Å². The minimum atomic E-state index is -0.479. The van der Waals surface area contributed by atoms with E-state index < -0.39 is 5.82 Å². The van der Waals surface area contributed by atoms with Crippen molar-refractivity contribution in [2.45, 2.75) is 18.9 Å². The normalized spacial score (nSPS) is 28.1. The fraction of sp³-hybridized carbons (Fsp3) is 0.500. The van der Waals surface area contributed by atoms with Crippen molar-refractivity contribution in [3.8, 4) is 0 Å². The maximum Gasteiger partial charge on any atom is 0.254 e. The lowest BCUT2D eigenvalue weighted by Crippen LogP contribution is -2.50. The van der Waals surface area contributed by atoms with Gasteiger partial charge in [-0.05, 0) is 42.9 Å². The van der Waals surface area contributed by atoms with Gasteiger partial charge in [0.05, 0.1) is 0 Å². The first-order valence-electron chi connectivity index (χ1n) is 6.55. The quantitative estimate of drug-likeness (QED) is 0.865. The smallest absolute Gasteiger partial charge is 0.254 e. The van der Waals surface area contributed by atoms with Crippen LogP contribution in [0, 0.1) is 17.7 Å². The molecule has 2 fully saturated rings. The number of halogens is 3. The van der Waals surface area contributed by atoms with E-state index in [0.29, 0.717) is 30.5 Å². The van der Waals surface area contributed by atoms with Gasteiger partial charge in [0, 0.05) is 29.7 Å². The third-order valence-corrected chi connectivity index (χ3v) is 4.52. The highest BCUT2D eigenvalue weighted by atomic mass is 35.5. The Hall–Kier alpha value is -0.840. The third-order valence-electron chi connectivity index (χ3n) is 4.30. The van der Waals surface area contributed by atoms with Gasteiger partial charge >= 0.3 is 0 Å². The number of nitrogens with zero attached hydrogens (tertiary/aromatic N) is 1. The molecule has 2 N–H and O–H groups in total. The van der Waals surface area contributed by atoms with Gasteiger partial charge in [-0.15, -0.1) is 12.4 Å². The van der Waals surface area contributed by atoms with Crippen LogP contribution in [0.25, 0.3) is 0 Å². The summed E-state index contributed by atoms with van der Waals surface area (Å²) in [5.41, 5.74) is 6.43. The minimum Gasteiger partial charge on any atom is -0.338 e. The molecule has 1 saturated heterocycles. The van der Waals surface area contributed by atoms with Gasteiger partial charge < -0.3 is 10.6 Å². The number of rotatable bonds is 1. The Morgan fingerprint density at radius 3 is 2.40 bits per heavy atom. The zero-order valence-corrected chi connectivity index (χ0v) is 12.5. The number of amides is 1. The first-order valence-corrected chi connectivity index (χ1v) is 6.93. The molecule has 0 aromatic heterocycles. The average molecular weight is 319 g/mol. The lowest BCUT2D eigenvalue weighted by molar-refractivity contribution is 0.0637. The number of piperidine rings is 1. The molecular formula is C14H17Cl2FN2O. The van der Waals surface area contributed by atoms with Gasteiger partial charge in [0.2, 0.25) is 0 Å². The first kappa shape index (κ1) is 15.5. The zero-order chi connectivity index (χ0) is 13.6. The van der Waals surface area contributed by atoms with Gasteiger partial charge in [-0.2, -0.15) is 0 Å². The fourth-order valence-corrected chi connectivity index (χ4v) is 3.51. The summed E-state index contributed by atoms with van der Waals surface area (Å²) in [5.74, 6) is 0.135. The van der Waals surface area contributed by atoms with Crippen LogP contribution >= 0.6 is 24.0 Å². The molecule has 3 atom stereocenters. The number of hydrogen-bond acceptors (Lipinski definition) is 2. The van der Waals surface area contributed by atoms with Gasteiger partial charge in [-0.25, -0.2) is 4.39 Å². The number of fused-ring (bicyclic) bond motifs is 2. The van der Waals surface area contributed by atoms with E-state index in [2.05, 4.69) is 0 Å². The van der Waals surface area contributed by atoms with Gasteiger partial charge in [0.15, 0.2) is 0 Å². The second-order valence-electron chi connectivity index (χ2n) is 5.54. The first-order chi connectivity index (χ1) is 9.04. The van der Waals surface area contributed by atoms with Gasteiger partial charge in [0.25, 0.3) is 5.91 Å². The molecule has 1 amide bonds. The van der Waals surface area contributed by atoms with Crippen molar-refractivity contribution in [2.75, 3.05) is 13.1 Å². The molecular weight excluding hydrogens is 302 g/mol. The highest BCUT2D eigenvalue weighted by molar-refractivity contribution is 6.31. The standard InChI is InChI=1S/C14H16ClFN2O.ClH/c15-11-3-10(4-12(16)5-11)14(19)18-6-8-1-2-9(7-18)13(8)17;/h3-5,8-9,13H,1-2,6-7,17H2;1H/t8-,9+,13?;. The van der Waals surface area contributed by atoms with Crippen LogP contribution in [0.15, 0.2) is 18.2 Å². The lowest BCUT2D eigenvalue weighted by atomic mass is 9.92. The summed E-state index contributed by atoms with van der Waals surface area (Å²) in [6.07, 6.45) is 2.17. The van der Waals surface area contributed by atoms with Crippen LogP contribution < -0.4 is 5.73 Å². The zero-order valence-electron chi connectivity index (χ0n) is 10.9. The van der Waals surface area contributed by atoms with E-state index in [9.17, 15) is 9.18 Å². The maximum absolute atomic E-state index is 13.3. The number of likely N-dealkylation sites (tertiary alicyclic amines) is 1. The second-order valence-corrected chi connectivity index (χ2v) is 5.98. The van der Waals surface area contributed by atoms with Crippen LogP contribution in [0.2, 0.25) is 5.02 Å². The Balaban J connectivity index is 0.00000147. The highest BCUT2D eigenvalue weighted by Gasteiger charge is 2.41. The molecule has 1 unspecified atom stereocenters. The molecule has 0 spiro atoms. The number of carbonyl (C=O) groups excluding carboxylic acids is 1. The average Bonchev–Trinajstić information content (AvgIpc) is 2.60. The summed E-state index contributed by atoms with van der Waals surface area (Å²) in [6, 6.07) is 4.17. The molecule has 20 heavy (non-hydrogen) atoms. The summed E-state index contributed by atoms with van der Waals surface area (Å²) >= 11 is 5.80. The van der Waals surface area contributed by atoms with E-state index in [1.54, 1.807) is 4.90 Å². The number of benzene rings is 1. The van der Waals surface area contributed by atoms with E-state index in [0.717, 1.165) is 12.8 Å². The summed E-state index contributed by atoms with van der Waals surface area (Å²) < 4.78 is 13.3. The molecule has 1 aliphatic heterocycles. The highest BCUT2D eigenvalue weighted by Crippen LogP contribution is 2.36. The Morgan fingerprint density at radius 1 is 1.25 bits per heavy atom. The number of nitrogens with two attached hydrogens (primary N) is 1. The third kappa shape index (κ3) is 2.78. The van der Waals surface area contributed by atoms with Gasteiger partial charge in [-0.1, -0.05) is 11.6 Å². The molecule has 3 rings (SSSR count). The van der Waals surface area contributed by atoms with Crippen molar-refractivity contribution in [1.82, 2.24) is 4.90 Å². The Labute approximate surface area is 128 Å². The predicted octanol–water partition coefficient (Wildman–Crippen LogP) is 2.71. The van der Waals surface area contributed by atoms with Crippen molar-refractivity contribution in [1.29, 1.82) is 0 Å². The van der Waals surface area contributed by atoms with Crippen LogP contribution in [-0.4, -0.2) is 29.9 Å². The topological polar surface area (TPSA) is 46.3 Å². The fourth-order valence-electron chi connectivity index (χ4n) is 3.29. The van der Waals surface area contributed by atoms with Crippen molar-refractivity contribution in [2.24, 2.45) is 17.6 Å². The molecule has 110 valence electrons. The van der Waals surface area contributed by atoms with E-state index in [1.165, 1.54) is 18.2 Å². The largest absolute Gasteiger partial charge is 0.338 e. The van der Waals surface area contributed by atoms with Crippen LogP contribution in [0.1, 0.15) is 23.2 Å². The molecule has 6 heteroatoms. The minimum absolute atomic E-state index is 0. The summed E-state index contributed by atoms with van der Waals surface area (Å²) in [4.78, 5) is 14.2. The van der Waals surface area contributed by atoms with Crippen molar-refractivity contribution < 1.29 is 9.18 Å². The molecule has 1 saturated carbocycles. The lowest BCUT2D eigenvalue weighted by Gasteiger charge is -2.36. The van der Waals surface area contributed by atoms with Crippen LogP contribution in [0.5, 0.6) is 0 Å².